The van der Waals surface area contributed by atoms with Crippen LogP contribution in [0.4, 0.5) is 5.69 Å². The summed E-state index contributed by atoms with van der Waals surface area (Å²) in [5, 5.41) is 16.8. The third kappa shape index (κ3) is 4.87. The minimum Gasteiger partial charge on any atom is -0.393 e. The molecule has 2 heterocycles. The summed E-state index contributed by atoms with van der Waals surface area (Å²) in [6, 6.07) is 4.16. The molecule has 0 radical (unpaired) electrons. The Labute approximate surface area is 149 Å². The van der Waals surface area contributed by atoms with Crippen LogP contribution in [0.5, 0.6) is 0 Å². The van der Waals surface area contributed by atoms with Crippen molar-refractivity contribution in [2.24, 2.45) is 5.92 Å². The van der Waals surface area contributed by atoms with Gasteiger partial charge < -0.3 is 20.6 Å². The van der Waals surface area contributed by atoms with E-state index in [1.165, 1.54) is 0 Å². The predicted octanol–water partition coefficient (Wildman–Crippen LogP) is 1.64. The van der Waals surface area contributed by atoms with Gasteiger partial charge >= 0.3 is 0 Å². The quantitative estimate of drug-likeness (QED) is 0.710. The fraction of sp³-hybridized carbons (Fsp3) is 0.579. The summed E-state index contributed by atoms with van der Waals surface area (Å²) in [6.07, 6.45) is 3.98. The van der Waals surface area contributed by atoms with E-state index in [2.05, 4.69) is 44.6 Å². The van der Waals surface area contributed by atoms with Crippen molar-refractivity contribution in [2.45, 2.75) is 26.4 Å². The third-order valence-electron chi connectivity index (χ3n) is 4.81. The van der Waals surface area contributed by atoms with Crippen LogP contribution in [-0.4, -0.2) is 65.3 Å². The molecule has 1 aromatic carbocycles. The summed E-state index contributed by atoms with van der Waals surface area (Å²) in [5.74, 6) is 0.395. The minimum absolute atomic E-state index is 0.288. The van der Waals surface area contributed by atoms with Gasteiger partial charge in [0.1, 0.15) is 5.52 Å². The Morgan fingerprint density at radius 1 is 1.20 bits per heavy atom. The highest BCUT2D eigenvalue weighted by molar-refractivity contribution is 5.89. The first-order valence-electron chi connectivity index (χ1n) is 9.19. The van der Waals surface area contributed by atoms with E-state index in [0.29, 0.717) is 5.92 Å². The van der Waals surface area contributed by atoms with Crippen molar-refractivity contribution in [3.8, 4) is 0 Å². The number of piperazine rings is 1. The highest BCUT2D eigenvalue weighted by Gasteiger charge is 2.18. The molecule has 1 aliphatic heterocycles. The average molecular weight is 343 g/mol. The molecule has 6 heteroatoms. The number of hydrogen-bond acceptors (Lipinski definition) is 6. The first-order chi connectivity index (χ1) is 12.1. The molecule has 0 spiro atoms. The zero-order valence-corrected chi connectivity index (χ0v) is 15.2. The van der Waals surface area contributed by atoms with Crippen LogP contribution in [0.1, 0.15) is 18.9 Å². The van der Waals surface area contributed by atoms with Gasteiger partial charge in [-0.2, -0.15) is 0 Å². The molecule has 2 atom stereocenters. The molecular weight excluding hydrogens is 314 g/mol. The van der Waals surface area contributed by atoms with E-state index in [9.17, 15) is 5.11 Å². The van der Waals surface area contributed by atoms with Gasteiger partial charge in [-0.3, -0.25) is 9.97 Å². The number of hydrogen-bond donors (Lipinski definition) is 3. The second-order valence-corrected chi connectivity index (χ2v) is 7.07. The molecule has 0 amide bonds. The average Bonchev–Trinajstić information content (AvgIpc) is 2.62. The van der Waals surface area contributed by atoms with E-state index in [-0.39, 0.29) is 6.10 Å². The number of rotatable bonds is 7. The summed E-state index contributed by atoms with van der Waals surface area (Å²) in [4.78, 5) is 11.4. The van der Waals surface area contributed by atoms with Crippen LogP contribution in [0.25, 0.3) is 11.0 Å². The molecule has 2 aromatic rings. The van der Waals surface area contributed by atoms with Gasteiger partial charge in [-0.15, -0.1) is 0 Å². The first-order valence-corrected chi connectivity index (χ1v) is 9.19. The molecule has 25 heavy (non-hydrogen) atoms. The van der Waals surface area contributed by atoms with Gasteiger partial charge in [0.05, 0.1) is 17.3 Å². The Hall–Kier alpha value is -1.76. The van der Waals surface area contributed by atoms with E-state index in [1.807, 2.05) is 6.92 Å². The Balaban J connectivity index is 1.69. The van der Waals surface area contributed by atoms with Gasteiger partial charge in [-0.25, -0.2) is 0 Å². The molecule has 6 nitrogen and oxygen atoms in total. The molecule has 3 rings (SSSR count). The largest absolute Gasteiger partial charge is 0.393 e. The van der Waals surface area contributed by atoms with Crippen molar-refractivity contribution in [2.75, 3.05) is 44.6 Å². The number of aromatic nitrogens is 2. The number of aliphatic hydroxyl groups excluding tert-OH is 1. The van der Waals surface area contributed by atoms with Gasteiger partial charge in [-0.05, 0) is 37.8 Å². The third-order valence-corrected chi connectivity index (χ3v) is 4.81. The van der Waals surface area contributed by atoms with E-state index in [1.54, 1.807) is 12.4 Å². The molecule has 1 fully saturated rings. The standard InChI is InChI=1S/C19H29N5O/c1-14-3-4-17(19-18(14)21-5-6-22-19)23-12-16(11-15(2)25)13-24-9-7-20-8-10-24/h3-6,15-16,20,23,25H,7-13H2,1-2H3. The zero-order chi connectivity index (χ0) is 17.6. The topological polar surface area (TPSA) is 73.3 Å². The highest BCUT2D eigenvalue weighted by atomic mass is 16.3. The molecule has 0 bridgehead atoms. The molecule has 1 saturated heterocycles. The van der Waals surface area contributed by atoms with E-state index >= 15 is 0 Å². The normalized spacial score (nSPS) is 18.2. The second kappa shape index (κ2) is 8.56. The second-order valence-electron chi connectivity index (χ2n) is 7.07. The number of aryl methyl sites for hydroxylation is 1. The van der Waals surface area contributed by atoms with Crippen LogP contribution in [-0.2, 0) is 0 Å². The van der Waals surface area contributed by atoms with Crippen molar-refractivity contribution < 1.29 is 5.11 Å². The van der Waals surface area contributed by atoms with Crippen LogP contribution >= 0.6 is 0 Å². The lowest BCUT2D eigenvalue weighted by atomic mass is 10.0. The van der Waals surface area contributed by atoms with Gasteiger partial charge in [0.25, 0.3) is 0 Å². The van der Waals surface area contributed by atoms with Crippen molar-refractivity contribution >= 4 is 16.7 Å². The van der Waals surface area contributed by atoms with Gasteiger partial charge in [-0.1, -0.05) is 6.07 Å². The van der Waals surface area contributed by atoms with Crippen LogP contribution in [0.2, 0.25) is 0 Å². The number of aliphatic hydroxyl groups is 1. The summed E-state index contributed by atoms with van der Waals surface area (Å²) < 4.78 is 0. The molecule has 1 aliphatic rings. The number of benzene rings is 1. The van der Waals surface area contributed by atoms with Crippen LogP contribution in [0.3, 0.4) is 0 Å². The fourth-order valence-electron chi connectivity index (χ4n) is 3.55. The Morgan fingerprint density at radius 3 is 2.64 bits per heavy atom. The van der Waals surface area contributed by atoms with Crippen molar-refractivity contribution in [1.82, 2.24) is 20.2 Å². The highest BCUT2D eigenvalue weighted by Crippen LogP contribution is 2.23. The smallest absolute Gasteiger partial charge is 0.112 e. The van der Waals surface area contributed by atoms with E-state index < -0.39 is 0 Å². The molecule has 1 aromatic heterocycles. The maximum atomic E-state index is 9.88. The van der Waals surface area contributed by atoms with E-state index in [4.69, 9.17) is 0 Å². The Bertz CT molecular complexity index is 685. The minimum atomic E-state index is -0.288. The van der Waals surface area contributed by atoms with Crippen LogP contribution < -0.4 is 10.6 Å². The van der Waals surface area contributed by atoms with Gasteiger partial charge in [0.2, 0.25) is 0 Å². The van der Waals surface area contributed by atoms with Crippen LogP contribution in [0, 0.1) is 12.8 Å². The first kappa shape index (κ1) is 18.0. The van der Waals surface area contributed by atoms with Crippen molar-refractivity contribution in [1.29, 1.82) is 0 Å². The maximum absolute atomic E-state index is 9.88. The number of nitrogens with one attached hydrogen (secondary N) is 2. The monoisotopic (exact) mass is 343 g/mol. The van der Waals surface area contributed by atoms with Crippen molar-refractivity contribution in [3.05, 3.63) is 30.1 Å². The zero-order valence-electron chi connectivity index (χ0n) is 15.2. The van der Waals surface area contributed by atoms with Crippen LogP contribution in [0.15, 0.2) is 24.5 Å². The Morgan fingerprint density at radius 2 is 1.92 bits per heavy atom. The molecule has 0 saturated carbocycles. The lowest BCUT2D eigenvalue weighted by Crippen LogP contribution is -2.46. The van der Waals surface area contributed by atoms with E-state index in [0.717, 1.165) is 68.0 Å². The molecule has 0 aliphatic carbocycles. The lowest BCUT2D eigenvalue weighted by Gasteiger charge is -2.31. The SMILES string of the molecule is Cc1ccc(NCC(CC(C)O)CN2CCNCC2)c2nccnc12. The van der Waals surface area contributed by atoms with Gasteiger partial charge in [0, 0.05) is 51.7 Å². The maximum Gasteiger partial charge on any atom is 0.112 e. The summed E-state index contributed by atoms with van der Waals surface area (Å²) in [5.41, 5.74) is 4.02. The summed E-state index contributed by atoms with van der Waals surface area (Å²) in [6.45, 7) is 10.0. The molecule has 2 unspecified atom stereocenters. The summed E-state index contributed by atoms with van der Waals surface area (Å²) in [7, 11) is 0. The summed E-state index contributed by atoms with van der Waals surface area (Å²) >= 11 is 0. The number of nitrogens with zero attached hydrogens (tertiary/aromatic N) is 3. The predicted molar refractivity (Wildman–Crippen MR) is 102 cm³/mol. The Kier molecular flexibility index (Phi) is 6.18. The van der Waals surface area contributed by atoms with Crippen molar-refractivity contribution in [3.63, 3.8) is 0 Å². The number of anilines is 1. The molecular formula is C19H29N5O. The lowest BCUT2D eigenvalue weighted by molar-refractivity contribution is 0.136. The fourth-order valence-corrected chi connectivity index (χ4v) is 3.55. The molecule has 136 valence electrons. The molecule has 3 N–H and O–H groups in total. The number of fused-ring (bicyclic) bond motifs is 1. The van der Waals surface area contributed by atoms with Gasteiger partial charge in [0.15, 0.2) is 0 Å².